The van der Waals surface area contributed by atoms with Gasteiger partial charge >= 0.3 is 0 Å². The molecule has 0 aromatic heterocycles. The van der Waals surface area contributed by atoms with Crippen LogP contribution in [0.1, 0.15) is 45.4 Å². The third kappa shape index (κ3) is 2.33. The van der Waals surface area contributed by atoms with Crippen LogP contribution in [0, 0.1) is 0 Å². The molecule has 1 aromatic rings. The standard InChI is InChI=1S/C19H26Si/c1-16-10-9-15-19(16)20(2,17-11-5-3-6-12-17)18-13-7-4-8-14-18/h3,5-6,10-12,15,18H,4,7-9,13-14H2,1-2H3. The van der Waals surface area contributed by atoms with Crippen molar-refractivity contribution in [3.63, 3.8) is 0 Å². The first-order valence-electron chi connectivity index (χ1n) is 8.16. The molecule has 0 N–H and O–H groups in total. The van der Waals surface area contributed by atoms with Crippen molar-refractivity contribution in [2.75, 3.05) is 0 Å². The monoisotopic (exact) mass is 282 g/mol. The van der Waals surface area contributed by atoms with E-state index < -0.39 is 8.07 Å². The summed E-state index contributed by atoms with van der Waals surface area (Å²) in [4.78, 5) is 0. The number of hydrogen-bond acceptors (Lipinski definition) is 0. The van der Waals surface area contributed by atoms with Crippen LogP contribution in [0.2, 0.25) is 12.1 Å². The Kier molecular flexibility index (Phi) is 3.98. The number of benzene rings is 1. The van der Waals surface area contributed by atoms with Crippen molar-refractivity contribution in [3.05, 3.63) is 53.3 Å². The summed E-state index contributed by atoms with van der Waals surface area (Å²) in [6, 6.07) is 11.4. The fraction of sp³-hybridized carbons (Fsp3) is 0.474. The fourth-order valence-corrected chi connectivity index (χ4v) is 9.45. The Labute approximate surface area is 124 Å². The van der Waals surface area contributed by atoms with Crippen molar-refractivity contribution in [3.8, 4) is 0 Å². The highest BCUT2D eigenvalue weighted by Gasteiger charge is 2.42. The smallest absolute Gasteiger partial charge is 0.0808 e. The minimum atomic E-state index is -1.56. The summed E-state index contributed by atoms with van der Waals surface area (Å²) in [5.74, 6) is 0. The maximum atomic E-state index is 2.63. The van der Waals surface area contributed by atoms with Crippen LogP contribution in [0.15, 0.2) is 53.3 Å². The molecule has 20 heavy (non-hydrogen) atoms. The predicted molar refractivity (Wildman–Crippen MR) is 91.0 cm³/mol. The molecule has 0 heterocycles. The number of allylic oxidation sites excluding steroid dienone is 4. The van der Waals surface area contributed by atoms with Gasteiger partial charge in [-0.2, -0.15) is 0 Å². The second-order valence-electron chi connectivity index (χ2n) is 6.64. The van der Waals surface area contributed by atoms with Crippen LogP contribution < -0.4 is 5.19 Å². The lowest BCUT2D eigenvalue weighted by Crippen LogP contribution is -2.51. The molecular formula is C19H26Si. The molecule has 106 valence electrons. The molecular weight excluding hydrogens is 256 g/mol. The zero-order valence-corrected chi connectivity index (χ0v) is 13.9. The summed E-state index contributed by atoms with van der Waals surface area (Å²) < 4.78 is 0. The molecule has 1 atom stereocenters. The van der Waals surface area contributed by atoms with Crippen LogP contribution >= 0.6 is 0 Å². The summed E-state index contributed by atoms with van der Waals surface area (Å²) in [5, 5.41) is 3.38. The molecule has 2 aliphatic rings. The van der Waals surface area contributed by atoms with Gasteiger partial charge in [0.2, 0.25) is 0 Å². The van der Waals surface area contributed by atoms with Gasteiger partial charge in [0.15, 0.2) is 0 Å². The predicted octanol–water partition coefficient (Wildman–Crippen LogP) is 5.12. The van der Waals surface area contributed by atoms with E-state index in [0.29, 0.717) is 0 Å². The van der Waals surface area contributed by atoms with Gasteiger partial charge in [0.1, 0.15) is 8.07 Å². The number of hydrogen-bond donors (Lipinski definition) is 0. The van der Waals surface area contributed by atoms with Gasteiger partial charge in [-0.1, -0.05) is 97.1 Å². The third-order valence-corrected chi connectivity index (χ3v) is 11.0. The lowest BCUT2D eigenvalue weighted by atomic mass is 10.0. The Morgan fingerprint density at radius 2 is 1.65 bits per heavy atom. The third-order valence-electron chi connectivity index (χ3n) is 5.53. The normalized spacial score (nSPS) is 23.1. The second-order valence-corrected chi connectivity index (χ2v) is 11.0. The lowest BCUT2D eigenvalue weighted by molar-refractivity contribution is 0.494. The fourth-order valence-electron chi connectivity index (χ4n) is 4.32. The van der Waals surface area contributed by atoms with Gasteiger partial charge in [-0.15, -0.1) is 0 Å². The molecule has 0 saturated heterocycles. The number of rotatable bonds is 3. The van der Waals surface area contributed by atoms with E-state index in [1.165, 1.54) is 32.1 Å². The van der Waals surface area contributed by atoms with E-state index in [9.17, 15) is 0 Å². The van der Waals surface area contributed by atoms with Gasteiger partial charge in [0, 0.05) is 0 Å². The molecule has 1 heteroatoms. The first-order valence-corrected chi connectivity index (χ1v) is 10.7. The van der Waals surface area contributed by atoms with Crippen molar-refractivity contribution in [2.24, 2.45) is 0 Å². The summed E-state index contributed by atoms with van der Waals surface area (Å²) >= 11 is 0. The summed E-state index contributed by atoms with van der Waals surface area (Å²) in [5.41, 5.74) is 2.50. The van der Waals surface area contributed by atoms with Crippen molar-refractivity contribution >= 4 is 13.3 Å². The van der Waals surface area contributed by atoms with Gasteiger partial charge in [-0.05, 0) is 18.9 Å². The Morgan fingerprint density at radius 3 is 2.25 bits per heavy atom. The van der Waals surface area contributed by atoms with Crippen LogP contribution in [0.4, 0.5) is 0 Å². The Hall–Kier alpha value is -1.08. The molecule has 1 unspecified atom stereocenters. The van der Waals surface area contributed by atoms with Crippen molar-refractivity contribution < 1.29 is 0 Å². The first-order chi connectivity index (χ1) is 9.73. The van der Waals surface area contributed by atoms with E-state index in [-0.39, 0.29) is 0 Å². The van der Waals surface area contributed by atoms with E-state index in [4.69, 9.17) is 0 Å². The molecule has 0 amide bonds. The maximum Gasteiger partial charge on any atom is 0.118 e. The van der Waals surface area contributed by atoms with E-state index in [0.717, 1.165) is 12.0 Å². The van der Waals surface area contributed by atoms with E-state index >= 15 is 0 Å². The second kappa shape index (κ2) is 5.73. The van der Waals surface area contributed by atoms with Crippen molar-refractivity contribution in [1.82, 2.24) is 0 Å². The molecule has 0 bridgehead atoms. The van der Waals surface area contributed by atoms with Gasteiger partial charge in [-0.25, -0.2) is 0 Å². The maximum absolute atomic E-state index is 2.63. The Balaban J connectivity index is 2.05. The van der Waals surface area contributed by atoms with E-state index in [2.05, 4.69) is 56.0 Å². The quantitative estimate of drug-likeness (QED) is 0.675. The molecule has 0 nitrogen and oxygen atoms in total. The highest BCUT2D eigenvalue weighted by atomic mass is 28.3. The highest BCUT2D eigenvalue weighted by Crippen LogP contribution is 2.43. The molecule has 0 spiro atoms. The first kappa shape index (κ1) is 13.9. The average Bonchev–Trinajstić information content (AvgIpc) is 2.95. The summed E-state index contributed by atoms with van der Waals surface area (Å²) in [6.45, 7) is 4.96. The van der Waals surface area contributed by atoms with Gasteiger partial charge in [0.25, 0.3) is 0 Å². The van der Waals surface area contributed by atoms with Crippen molar-refractivity contribution in [2.45, 2.75) is 57.5 Å². The highest BCUT2D eigenvalue weighted by molar-refractivity contribution is 6.98. The average molecular weight is 283 g/mol. The lowest BCUT2D eigenvalue weighted by Gasteiger charge is -2.40. The summed E-state index contributed by atoms with van der Waals surface area (Å²) in [7, 11) is -1.56. The molecule has 0 aliphatic heterocycles. The molecule has 1 aromatic carbocycles. The van der Waals surface area contributed by atoms with Gasteiger partial charge in [-0.3, -0.25) is 0 Å². The molecule has 2 aliphatic carbocycles. The van der Waals surface area contributed by atoms with Crippen LogP contribution in [0.25, 0.3) is 0 Å². The van der Waals surface area contributed by atoms with Crippen LogP contribution in [0.5, 0.6) is 0 Å². The largest absolute Gasteiger partial charge is 0.118 e. The van der Waals surface area contributed by atoms with Crippen LogP contribution in [-0.2, 0) is 0 Å². The van der Waals surface area contributed by atoms with Crippen molar-refractivity contribution in [1.29, 1.82) is 0 Å². The Bertz CT molecular complexity index is 520. The zero-order chi connectivity index (χ0) is 14.0. The van der Waals surface area contributed by atoms with Gasteiger partial charge < -0.3 is 0 Å². The minimum absolute atomic E-state index is 0.936. The molecule has 3 rings (SSSR count). The molecule has 1 saturated carbocycles. The summed E-state index contributed by atoms with van der Waals surface area (Å²) in [6.07, 6.45) is 13.3. The minimum Gasteiger partial charge on any atom is -0.0808 e. The topological polar surface area (TPSA) is 0 Å². The molecule has 0 radical (unpaired) electrons. The zero-order valence-electron chi connectivity index (χ0n) is 12.9. The van der Waals surface area contributed by atoms with Gasteiger partial charge in [0.05, 0.1) is 0 Å². The Morgan fingerprint density at radius 1 is 0.950 bits per heavy atom. The molecule has 1 fully saturated rings. The SMILES string of the molecule is CC1=CCC=C1[Si](C)(c1ccccc1)C1CCCCC1. The van der Waals surface area contributed by atoms with E-state index in [1.807, 2.05) is 0 Å². The van der Waals surface area contributed by atoms with Crippen LogP contribution in [-0.4, -0.2) is 8.07 Å². The van der Waals surface area contributed by atoms with E-state index in [1.54, 1.807) is 16.0 Å². The van der Waals surface area contributed by atoms with Crippen LogP contribution in [0.3, 0.4) is 0 Å².